The summed E-state index contributed by atoms with van der Waals surface area (Å²) in [7, 11) is 1.66. The number of thioether (sulfide) groups is 1. The van der Waals surface area contributed by atoms with Crippen LogP contribution in [0.3, 0.4) is 0 Å². The van der Waals surface area contributed by atoms with Crippen molar-refractivity contribution in [3.8, 4) is 17.1 Å². The summed E-state index contributed by atoms with van der Waals surface area (Å²) in [6, 6.07) is 12.2. The number of carbonyl (C=O) groups is 1. The molecule has 8 heteroatoms. The van der Waals surface area contributed by atoms with Crippen molar-refractivity contribution in [1.82, 2.24) is 24.3 Å². The maximum absolute atomic E-state index is 13.2. The first-order chi connectivity index (χ1) is 16.4. The van der Waals surface area contributed by atoms with E-state index in [2.05, 4.69) is 51.8 Å². The highest BCUT2D eigenvalue weighted by Gasteiger charge is 2.20. The molecule has 0 N–H and O–H groups in total. The minimum Gasteiger partial charge on any atom is -0.383 e. The number of Topliss-reactive ketones (excluding diaryl/α,β-unsaturated/α-hetero) is 1. The summed E-state index contributed by atoms with van der Waals surface area (Å²) in [5, 5.41) is 9.43. The van der Waals surface area contributed by atoms with Crippen molar-refractivity contribution in [2.75, 3.05) is 19.5 Å². The predicted octanol–water partition coefficient (Wildman–Crippen LogP) is 4.99. The molecule has 4 rings (SSSR count). The van der Waals surface area contributed by atoms with Crippen LogP contribution in [0, 0.1) is 27.7 Å². The molecule has 0 saturated carbocycles. The number of hydrogen-bond acceptors (Lipinski definition) is 6. The fraction of sp³-hybridized carbons (Fsp3) is 0.308. The van der Waals surface area contributed by atoms with Crippen molar-refractivity contribution in [3.63, 3.8) is 0 Å². The Bertz CT molecular complexity index is 1310. The highest BCUT2D eigenvalue weighted by atomic mass is 32.2. The Morgan fingerprint density at radius 2 is 1.76 bits per heavy atom. The second kappa shape index (κ2) is 10.4. The van der Waals surface area contributed by atoms with Gasteiger partial charge in [-0.3, -0.25) is 14.3 Å². The number of ketones is 1. The van der Waals surface area contributed by atoms with E-state index in [0.29, 0.717) is 18.3 Å². The largest absolute Gasteiger partial charge is 0.383 e. The minimum absolute atomic E-state index is 0.0694. The van der Waals surface area contributed by atoms with Crippen molar-refractivity contribution in [2.45, 2.75) is 39.4 Å². The molecular weight excluding hydrogens is 446 g/mol. The first-order valence-corrected chi connectivity index (χ1v) is 12.1. The van der Waals surface area contributed by atoms with E-state index in [1.807, 2.05) is 36.6 Å². The topological polar surface area (TPSA) is 74.8 Å². The second-order valence-corrected chi connectivity index (χ2v) is 9.23. The number of aromatic nitrogens is 5. The Labute approximate surface area is 204 Å². The van der Waals surface area contributed by atoms with Gasteiger partial charge in [-0.2, -0.15) is 0 Å². The number of nitrogens with zero attached hydrogens (tertiary/aromatic N) is 5. The van der Waals surface area contributed by atoms with Crippen LogP contribution in [-0.4, -0.2) is 49.6 Å². The number of ether oxygens (including phenoxy) is 1. The van der Waals surface area contributed by atoms with Crippen molar-refractivity contribution >= 4 is 17.5 Å². The Hall–Kier alpha value is -3.23. The van der Waals surface area contributed by atoms with Gasteiger partial charge in [0.15, 0.2) is 16.8 Å². The number of benzene rings is 1. The minimum atomic E-state index is 0.0694. The van der Waals surface area contributed by atoms with Crippen LogP contribution in [-0.2, 0) is 11.3 Å². The lowest BCUT2D eigenvalue weighted by Gasteiger charge is -2.12. The van der Waals surface area contributed by atoms with Gasteiger partial charge in [0.25, 0.3) is 0 Å². The summed E-state index contributed by atoms with van der Waals surface area (Å²) in [6.07, 6.45) is 3.46. The molecule has 34 heavy (non-hydrogen) atoms. The van der Waals surface area contributed by atoms with E-state index in [4.69, 9.17) is 4.74 Å². The third kappa shape index (κ3) is 4.83. The van der Waals surface area contributed by atoms with Gasteiger partial charge in [0, 0.05) is 47.7 Å². The van der Waals surface area contributed by atoms with Crippen LogP contribution in [0.25, 0.3) is 17.1 Å². The number of hydrogen-bond donors (Lipinski definition) is 0. The lowest BCUT2D eigenvalue weighted by molar-refractivity contribution is 0.102. The van der Waals surface area contributed by atoms with Crippen LogP contribution in [0.5, 0.6) is 0 Å². The second-order valence-electron chi connectivity index (χ2n) is 8.29. The molecule has 0 radical (unpaired) electrons. The Balaban J connectivity index is 1.56. The van der Waals surface area contributed by atoms with Crippen LogP contribution in [0.15, 0.2) is 53.9 Å². The Morgan fingerprint density at radius 1 is 1.00 bits per heavy atom. The first kappa shape index (κ1) is 23.9. The van der Waals surface area contributed by atoms with Crippen LogP contribution in [0.1, 0.15) is 32.9 Å². The SMILES string of the molecule is COCCn1c(SCC(=O)c2cc(C)n(-c3ccc(C)c(C)c3)c2C)nnc1-c1ccncc1. The molecule has 7 nitrogen and oxygen atoms in total. The maximum Gasteiger partial charge on any atom is 0.192 e. The highest BCUT2D eigenvalue weighted by Crippen LogP contribution is 2.27. The summed E-state index contributed by atoms with van der Waals surface area (Å²) in [5.74, 6) is 1.08. The lowest BCUT2D eigenvalue weighted by atomic mass is 10.1. The molecule has 0 saturated heterocycles. The zero-order valence-electron chi connectivity index (χ0n) is 20.2. The van der Waals surface area contributed by atoms with Gasteiger partial charge in [-0.05, 0) is 69.2 Å². The molecule has 1 aromatic carbocycles. The summed E-state index contributed by atoms with van der Waals surface area (Å²) < 4.78 is 9.42. The number of pyridine rings is 1. The molecule has 0 aliphatic heterocycles. The molecule has 3 heterocycles. The molecule has 4 aromatic rings. The van der Waals surface area contributed by atoms with Crippen LogP contribution >= 0.6 is 11.8 Å². The fourth-order valence-electron chi connectivity index (χ4n) is 4.01. The Kier molecular flexibility index (Phi) is 7.29. The van der Waals surface area contributed by atoms with Crippen molar-refractivity contribution in [1.29, 1.82) is 0 Å². The molecule has 0 unspecified atom stereocenters. The van der Waals surface area contributed by atoms with Crippen LogP contribution < -0.4 is 0 Å². The van der Waals surface area contributed by atoms with Gasteiger partial charge in [-0.15, -0.1) is 10.2 Å². The molecule has 0 atom stereocenters. The van der Waals surface area contributed by atoms with Crippen LogP contribution in [0.2, 0.25) is 0 Å². The molecule has 0 fully saturated rings. The Morgan fingerprint density at radius 3 is 2.47 bits per heavy atom. The lowest BCUT2D eigenvalue weighted by Crippen LogP contribution is -2.10. The third-order valence-electron chi connectivity index (χ3n) is 5.99. The molecule has 3 aromatic heterocycles. The van der Waals surface area contributed by atoms with Gasteiger partial charge in [0.05, 0.1) is 18.9 Å². The van der Waals surface area contributed by atoms with Gasteiger partial charge in [0.2, 0.25) is 0 Å². The van der Waals surface area contributed by atoms with E-state index in [9.17, 15) is 4.79 Å². The summed E-state index contributed by atoms with van der Waals surface area (Å²) in [5.41, 5.74) is 7.21. The number of methoxy groups -OCH3 is 1. The van der Waals surface area contributed by atoms with E-state index in [-0.39, 0.29) is 11.5 Å². The third-order valence-corrected chi connectivity index (χ3v) is 6.95. The standard InChI is InChI=1S/C26H29N5O2S/c1-17-6-7-22(14-18(17)2)31-19(3)15-23(20(31)4)24(32)16-34-26-29-28-25(30(26)12-13-33-5)21-8-10-27-11-9-21/h6-11,14-15H,12-13,16H2,1-5H3. The number of aryl methyl sites for hydroxylation is 3. The average molecular weight is 476 g/mol. The molecule has 0 spiro atoms. The van der Waals surface area contributed by atoms with Crippen LogP contribution in [0.4, 0.5) is 0 Å². The molecule has 0 aliphatic rings. The monoisotopic (exact) mass is 475 g/mol. The molecule has 176 valence electrons. The van der Waals surface area contributed by atoms with E-state index in [1.165, 1.54) is 22.9 Å². The van der Waals surface area contributed by atoms with Crippen molar-refractivity contribution < 1.29 is 9.53 Å². The van der Waals surface area contributed by atoms with Gasteiger partial charge in [-0.1, -0.05) is 17.8 Å². The van der Waals surface area contributed by atoms with Gasteiger partial charge < -0.3 is 9.30 Å². The fourth-order valence-corrected chi connectivity index (χ4v) is 4.86. The first-order valence-electron chi connectivity index (χ1n) is 11.2. The zero-order chi connectivity index (χ0) is 24.2. The van der Waals surface area contributed by atoms with Gasteiger partial charge in [0.1, 0.15) is 0 Å². The predicted molar refractivity (Wildman–Crippen MR) is 135 cm³/mol. The van der Waals surface area contributed by atoms with E-state index in [0.717, 1.165) is 34.0 Å². The molecule has 0 amide bonds. The summed E-state index contributed by atoms with van der Waals surface area (Å²) in [4.78, 5) is 17.3. The molecule has 0 bridgehead atoms. The zero-order valence-corrected chi connectivity index (χ0v) is 21.0. The average Bonchev–Trinajstić information content (AvgIpc) is 3.38. The van der Waals surface area contributed by atoms with E-state index < -0.39 is 0 Å². The van der Waals surface area contributed by atoms with Crippen molar-refractivity contribution in [2.24, 2.45) is 0 Å². The number of rotatable bonds is 9. The van der Waals surface area contributed by atoms with Gasteiger partial charge in [-0.25, -0.2) is 0 Å². The summed E-state index contributed by atoms with van der Waals surface area (Å²) in [6.45, 7) is 9.37. The summed E-state index contributed by atoms with van der Waals surface area (Å²) >= 11 is 1.40. The van der Waals surface area contributed by atoms with Crippen molar-refractivity contribution in [3.05, 3.63) is 76.9 Å². The highest BCUT2D eigenvalue weighted by molar-refractivity contribution is 7.99. The van der Waals surface area contributed by atoms with E-state index in [1.54, 1.807) is 19.5 Å². The smallest absolute Gasteiger partial charge is 0.192 e. The quantitative estimate of drug-likeness (QED) is 0.251. The van der Waals surface area contributed by atoms with Gasteiger partial charge >= 0.3 is 0 Å². The molecular formula is C26H29N5O2S. The van der Waals surface area contributed by atoms with E-state index >= 15 is 0 Å². The molecule has 0 aliphatic carbocycles. The normalized spacial score (nSPS) is 11.2. The maximum atomic E-state index is 13.2. The number of carbonyl (C=O) groups excluding carboxylic acids is 1.